The zero-order valence-electron chi connectivity index (χ0n) is 19.7. The van der Waals surface area contributed by atoms with Gasteiger partial charge in [-0.2, -0.15) is 0 Å². The normalized spacial score (nSPS) is 35.9. The third-order valence-electron chi connectivity index (χ3n) is 6.75. The van der Waals surface area contributed by atoms with Crippen molar-refractivity contribution in [3.05, 3.63) is 36.7 Å². The number of benzene rings is 1. The van der Waals surface area contributed by atoms with Crippen LogP contribution in [0.5, 0.6) is 0 Å². The molecule has 2 fully saturated rings. The standard InChI is InChI=1S/C22H28N6O10/c29-7-13-15(31)17(33)19(35)21(37-13)27-5-11(23-25-27)9-1-2-10(4-3-9)12-6-28(26-24-12)22-20(36)18(34)16(32)14(8-30)38-22/h1-6,13-22,29-36H,7-8H2/t13-,14-,15-,16-,17+,18+,19+,20+,21+,22+/m1/s1. The molecule has 206 valence electrons. The number of rotatable bonds is 6. The third-order valence-corrected chi connectivity index (χ3v) is 6.75. The molecule has 4 heterocycles. The van der Waals surface area contributed by atoms with E-state index in [0.717, 1.165) is 0 Å². The summed E-state index contributed by atoms with van der Waals surface area (Å²) < 4.78 is 13.4. The molecule has 3 aromatic rings. The van der Waals surface area contributed by atoms with Gasteiger partial charge in [-0.3, -0.25) is 0 Å². The molecular formula is C22H28N6O10. The van der Waals surface area contributed by atoms with Gasteiger partial charge >= 0.3 is 0 Å². The molecule has 0 radical (unpaired) electrons. The molecule has 2 saturated heterocycles. The fourth-order valence-corrected chi connectivity index (χ4v) is 4.48. The molecule has 0 aliphatic carbocycles. The summed E-state index contributed by atoms with van der Waals surface area (Å²) in [6.45, 7) is -1.13. The van der Waals surface area contributed by atoms with E-state index in [4.69, 9.17) is 9.47 Å². The monoisotopic (exact) mass is 536 g/mol. The van der Waals surface area contributed by atoms with Crippen LogP contribution in [0.1, 0.15) is 12.5 Å². The summed E-state index contributed by atoms with van der Waals surface area (Å²) in [6, 6.07) is 6.90. The van der Waals surface area contributed by atoms with Crippen molar-refractivity contribution in [1.29, 1.82) is 0 Å². The van der Waals surface area contributed by atoms with Crippen molar-refractivity contribution < 1.29 is 50.3 Å². The van der Waals surface area contributed by atoms with Crippen molar-refractivity contribution in [2.24, 2.45) is 0 Å². The van der Waals surface area contributed by atoms with E-state index in [-0.39, 0.29) is 0 Å². The molecule has 0 amide bonds. The Morgan fingerprint density at radius 1 is 0.579 bits per heavy atom. The Balaban J connectivity index is 1.31. The minimum atomic E-state index is -1.55. The first kappa shape index (κ1) is 26.7. The maximum Gasteiger partial charge on any atom is 0.180 e. The Kier molecular flexibility index (Phi) is 7.51. The van der Waals surface area contributed by atoms with Crippen LogP contribution in [0.2, 0.25) is 0 Å². The molecule has 5 rings (SSSR count). The maximum absolute atomic E-state index is 10.3. The highest BCUT2D eigenvalue weighted by Crippen LogP contribution is 2.31. The summed E-state index contributed by atoms with van der Waals surface area (Å²) in [4.78, 5) is 0. The molecule has 2 aromatic heterocycles. The molecule has 2 aliphatic heterocycles. The van der Waals surface area contributed by atoms with Gasteiger partial charge in [-0.05, 0) is 0 Å². The van der Waals surface area contributed by atoms with Gasteiger partial charge in [0.15, 0.2) is 12.5 Å². The quantitative estimate of drug-likeness (QED) is 0.150. The highest BCUT2D eigenvalue weighted by atomic mass is 16.6. The predicted octanol–water partition coefficient (Wildman–Crippen LogP) is -3.85. The Morgan fingerprint density at radius 3 is 1.29 bits per heavy atom. The first-order valence-corrected chi connectivity index (χ1v) is 11.8. The molecule has 10 atom stereocenters. The molecule has 16 heteroatoms. The number of nitrogens with zero attached hydrogens (tertiary/aromatic N) is 6. The first-order chi connectivity index (χ1) is 18.2. The van der Waals surface area contributed by atoms with Crippen LogP contribution >= 0.6 is 0 Å². The topological polar surface area (TPSA) is 242 Å². The highest BCUT2D eigenvalue weighted by molar-refractivity contribution is 5.65. The highest BCUT2D eigenvalue weighted by Gasteiger charge is 2.45. The predicted molar refractivity (Wildman–Crippen MR) is 123 cm³/mol. The molecule has 0 unspecified atom stereocenters. The van der Waals surface area contributed by atoms with E-state index in [0.29, 0.717) is 22.5 Å². The van der Waals surface area contributed by atoms with Crippen molar-refractivity contribution in [3.63, 3.8) is 0 Å². The van der Waals surface area contributed by atoms with Gasteiger partial charge in [0.05, 0.1) is 25.6 Å². The van der Waals surface area contributed by atoms with E-state index in [1.54, 1.807) is 24.3 Å². The van der Waals surface area contributed by atoms with E-state index >= 15 is 0 Å². The van der Waals surface area contributed by atoms with Crippen molar-refractivity contribution in [2.45, 2.75) is 61.3 Å². The lowest BCUT2D eigenvalue weighted by Gasteiger charge is -2.39. The summed E-state index contributed by atoms with van der Waals surface area (Å²) in [6.07, 6.45) is -10.6. The van der Waals surface area contributed by atoms with Gasteiger partial charge in [-0.25, -0.2) is 9.36 Å². The second-order valence-electron chi connectivity index (χ2n) is 9.18. The summed E-state index contributed by atoms with van der Waals surface area (Å²) in [7, 11) is 0. The lowest BCUT2D eigenvalue weighted by atomic mass is 9.98. The third kappa shape index (κ3) is 4.71. The summed E-state index contributed by atoms with van der Waals surface area (Å²) in [5, 5.41) is 95.4. The summed E-state index contributed by atoms with van der Waals surface area (Å²) in [5.41, 5.74) is 2.12. The number of aliphatic hydroxyl groups excluding tert-OH is 8. The van der Waals surface area contributed by atoms with Crippen LogP contribution < -0.4 is 0 Å². The number of hydrogen-bond acceptors (Lipinski definition) is 14. The summed E-state index contributed by atoms with van der Waals surface area (Å²) >= 11 is 0. The lowest BCUT2D eigenvalue weighted by molar-refractivity contribution is -0.254. The first-order valence-electron chi connectivity index (χ1n) is 11.8. The molecule has 8 N–H and O–H groups in total. The second kappa shape index (κ2) is 10.7. The molecule has 0 bridgehead atoms. The SMILES string of the molecule is OC[C@H]1O[C@H](n2cc(-c3ccc(-c4cn([C@H]5O[C@H](CO)[C@@H](O)[C@H](O)[C@@H]5O)nn4)cc3)nn2)[C@@H](O)[C@@H](O)[C@@H]1O. The fraction of sp³-hybridized carbons (Fsp3) is 0.545. The smallest absolute Gasteiger partial charge is 0.180 e. The van der Waals surface area contributed by atoms with E-state index in [1.165, 1.54) is 21.8 Å². The van der Waals surface area contributed by atoms with Gasteiger partial charge in [0.25, 0.3) is 0 Å². The largest absolute Gasteiger partial charge is 0.394 e. The van der Waals surface area contributed by atoms with Gasteiger partial charge in [-0.15, -0.1) is 10.2 Å². The van der Waals surface area contributed by atoms with Crippen molar-refractivity contribution in [1.82, 2.24) is 30.0 Å². The van der Waals surface area contributed by atoms with Gasteiger partial charge < -0.3 is 50.3 Å². The van der Waals surface area contributed by atoms with Gasteiger partial charge in [0.2, 0.25) is 0 Å². The van der Waals surface area contributed by atoms with E-state index < -0.39 is 74.5 Å². The molecule has 0 spiro atoms. The Hall–Kier alpha value is -2.90. The van der Waals surface area contributed by atoms with Crippen LogP contribution in [0.15, 0.2) is 36.7 Å². The van der Waals surface area contributed by atoms with Crippen molar-refractivity contribution in [3.8, 4) is 22.5 Å². The van der Waals surface area contributed by atoms with Crippen LogP contribution in [0.25, 0.3) is 22.5 Å². The molecular weight excluding hydrogens is 508 g/mol. The molecule has 1 aromatic carbocycles. The maximum atomic E-state index is 10.3. The Labute approximate surface area is 214 Å². The molecule has 38 heavy (non-hydrogen) atoms. The fourth-order valence-electron chi connectivity index (χ4n) is 4.48. The molecule has 2 aliphatic rings. The second-order valence-corrected chi connectivity index (χ2v) is 9.18. The minimum Gasteiger partial charge on any atom is -0.394 e. The van der Waals surface area contributed by atoms with Crippen LogP contribution in [0.3, 0.4) is 0 Å². The van der Waals surface area contributed by atoms with Crippen LogP contribution in [0, 0.1) is 0 Å². The number of aliphatic hydroxyl groups is 8. The van der Waals surface area contributed by atoms with E-state index in [9.17, 15) is 40.9 Å². The average Bonchev–Trinajstić information content (AvgIpc) is 3.62. The van der Waals surface area contributed by atoms with Crippen LogP contribution in [-0.2, 0) is 9.47 Å². The van der Waals surface area contributed by atoms with E-state index in [1.807, 2.05) is 0 Å². The zero-order chi connectivity index (χ0) is 27.1. The average molecular weight is 536 g/mol. The summed E-state index contributed by atoms with van der Waals surface area (Å²) in [5.74, 6) is 0. The number of hydrogen-bond donors (Lipinski definition) is 8. The van der Waals surface area contributed by atoms with Crippen LogP contribution in [-0.4, -0.2) is 133 Å². The zero-order valence-corrected chi connectivity index (χ0v) is 19.7. The van der Waals surface area contributed by atoms with E-state index in [2.05, 4.69) is 20.6 Å². The Morgan fingerprint density at radius 2 is 0.947 bits per heavy atom. The lowest BCUT2D eigenvalue weighted by Crippen LogP contribution is -2.56. The number of ether oxygens (including phenoxy) is 2. The molecule has 16 nitrogen and oxygen atoms in total. The van der Waals surface area contributed by atoms with Crippen molar-refractivity contribution in [2.75, 3.05) is 13.2 Å². The van der Waals surface area contributed by atoms with Gasteiger partial charge in [-0.1, -0.05) is 34.7 Å². The van der Waals surface area contributed by atoms with Crippen LogP contribution in [0.4, 0.5) is 0 Å². The number of aromatic nitrogens is 6. The molecule has 0 saturated carbocycles. The minimum absolute atomic E-state index is 0.415. The van der Waals surface area contributed by atoms with Gasteiger partial charge in [0, 0.05) is 11.1 Å². The Bertz CT molecular complexity index is 1130. The van der Waals surface area contributed by atoms with Crippen molar-refractivity contribution >= 4 is 0 Å². The van der Waals surface area contributed by atoms with Gasteiger partial charge in [0.1, 0.15) is 60.2 Å².